The Balaban J connectivity index is 1.76. The molecule has 0 spiro atoms. The average Bonchev–Trinajstić information content (AvgIpc) is 3.13. The Hall–Kier alpha value is -3.35. The fraction of sp³-hybridized carbons (Fsp3) is 0.464. The zero-order valence-electron chi connectivity index (χ0n) is 21.3. The van der Waals surface area contributed by atoms with Gasteiger partial charge in [0.2, 0.25) is 5.91 Å². The lowest BCUT2D eigenvalue weighted by atomic mass is 9.89. The SMILES string of the molecule is CCC(CC)(NC(=O)OCC1c2ccccc2-c2ccccc21)C(=O)N(CC(=O)O)CC(C)(C)C. The van der Waals surface area contributed by atoms with E-state index in [1.54, 1.807) is 13.8 Å². The number of aliphatic carboxylic acids is 1. The van der Waals surface area contributed by atoms with Crippen molar-refractivity contribution in [1.82, 2.24) is 10.2 Å². The van der Waals surface area contributed by atoms with Gasteiger partial charge < -0.3 is 20.1 Å². The summed E-state index contributed by atoms with van der Waals surface area (Å²) in [4.78, 5) is 39.3. The van der Waals surface area contributed by atoms with Crippen LogP contribution in [-0.4, -0.2) is 53.2 Å². The quantitative estimate of drug-likeness (QED) is 0.524. The van der Waals surface area contributed by atoms with Gasteiger partial charge in [0.05, 0.1) is 0 Å². The molecule has 0 aromatic heterocycles. The van der Waals surface area contributed by atoms with E-state index < -0.39 is 30.1 Å². The molecule has 0 heterocycles. The number of carboxylic acids is 1. The predicted octanol–water partition coefficient (Wildman–Crippen LogP) is 5.04. The standard InChI is InChI=1S/C28H36N2O5/c1-6-28(7-2,25(33)30(16-24(31)32)18-27(3,4)5)29-26(34)35-17-23-21-14-10-8-12-19(21)20-13-9-11-15-22(20)23/h8-15,23H,6-7,16-18H2,1-5H3,(H,29,34)(H,31,32). The maximum absolute atomic E-state index is 13.6. The summed E-state index contributed by atoms with van der Waals surface area (Å²) in [6.45, 7) is 9.40. The first kappa shape index (κ1) is 26.3. The smallest absolute Gasteiger partial charge is 0.408 e. The number of benzene rings is 2. The molecule has 0 radical (unpaired) electrons. The van der Waals surface area contributed by atoms with Crippen molar-refractivity contribution >= 4 is 18.0 Å². The molecule has 1 aliphatic carbocycles. The number of ether oxygens (including phenoxy) is 1. The summed E-state index contributed by atoms with van der Waals surface area (Å²) < 4.78 is 5.67. The van der Waals surface area contributed by atoms with E-state index in [0.29, 0.717) is 12.8 Å². The first-order valence-electron chi connectivity index (χ1n) is 12.2. The fourth-order valence-corrected chi connectivity index (χ4v) is 4.85. The number of amides is 2. The van der Waals surface area contributed by atoms with Crippen LogP contribution in [0.25, 0.3) is 11.1 Å². The molecule has 188 valence electrons. The molecule has 0 bridgehead atoms. The van der Waals surface area contributed by atoms with Crippen molar-refractivity contribution in [1.29, 1.82) is 0 Å². The number of rotatable bonds is 9. The molecule has 2 aromatic rings. The zero-order chi connectivity index (χ0) is 25.8. The summed E-state index contributed by atoms with van der Waals surface area (Å²) in [5.74, 6) is -1.59. The summed E-state index contributed by atoms with van der Waals surface area (Å²) in [5, 5.41) is 12.2. The molecular weight excluding hydrogens is 444 g/mol. The molecule has 0 aliphatic heterocycles. The van der Waals surface area contributed by atoms with Gasteiger partial charge >= 0.3 is 12.1 Å². The second-order valence-electron chi connectivity index (χ2n) is 10.4. The Morgan fingerprint density at radius 2 is 1.46 bits per heavy atom. The van der Waals surface area contributed by atoms with Gasteiger partial charge in [-0.05, 0) is 40.5 Å². The molecule has 0 fully saturated rings. The van der Waals surface area contributed by atoms with Crippen LogP contribution in [0.15, 0.2) is 48.5 Å². The Kier molecular flexibility index (Phi) is 7.88. The van der Waals surface area contributed by atoms with Crippen molar-refractivity contribution in [2.75, 3.05) is 19.7 Å². The molecule has 0 saturated carbocycles. The number of alkyl carbamates (subject to hydrolysis) is 1. The van der Waals surface area contributed by atoms with Crippen LogP contribution in [0.1, 0.15) is 64.5 Å². The van der Waals surface area contributed by atoms with Crippen LogP contribution < -0.4 is 5.32 Å². The highest BCUT2D eigenvalue weighted by Crippen LogP contribution is 2.44. The Morgan fingerprint density at radius 1 is 0.943 bits per heavy atom. The molecule has 0 atom stereocenters. The predicted molar refractivity (Wildman–Crippen MR) is 135 cm³/mol. The van der Waals surface area contributed by atoms with Crippen molar-refractivity contribution < 1.29 is 24.2 Å². The minimum absolute atomic E-state index is 0.0918. The highest BCUT2D eigenvalue weighted by Gasteiger charge is 2.42. The molecule has 0 saturated heterocycles. The van der Waals surface area contributed by atoms with Crippen molar-refractivity contribution in [2.24, 2.45) is 5.41 Å². The van der Waals surface area contributed by atoms with E-state index >= 15 is 0 Å². The molecule has 3 rings (SSSR count). The number of fused-ring (bicyclic) bond motifs is 3. The molecule has 2 amide bonds. The number of nitrogens with one attached hydrogen (secondary N) is 1. The summed E-state index contributed by atoms with van der Waals surface area (Å²) in [6, 6.07) is 16.2. The number of carboxylic acid groups (broad SMARTS) is 1. The maximum atomic E-state index is 13.6. The van der Waals surface area contributed by atoms with Crippen LogP contribution in [0.3, 0.4) is 0 Å². The first-order valence-corrected chi connectivity index (χ1v) is 12.2. The Labute approximate surface area is 207 Å². The topological polar surface area (TPSA) is 95.9 Å². The largest absolute Gasteiger partial charge is 0.480 e. The molecule has 1 aliphatic rings. The summed E-state index contributed by atoms with van der Waals surface area (Å²) in [7, 11) is 0. The summed E-state index contributed by atoms with van der Waals surface area (Å²) in [6.07, 6.45) is -0.0607. The van der Waals surface area contributed by atoms with Crippen LogP contribution in [-0.2, 0) is 14.3 Å². The van der Waals surface area contributed by atoms with E-state index in [2.05, 4.69) is 17.4 Å². The molecule has 2 aromatic carbocycles. The lowest BCUT2D eigenvalue weighted by Gasteiger charge is -2.38. The third kappa shape index (κ3) is 5.84. The number of hydrogen-bond donors (Lipinski definition) is 2. The maximum Gasteiger partial charge on any atom is 0.408 e. The first-order chi connectivity index (χ1) is 16.5. The normalized spacial score (nSPS) is 13.1. The molecule has 7 nitrogen and oxygen atoms in total. The fourth-order valence-electron chi connectivity index (χ4n) is 4.85. The number of nitrogens with zero attached hydrogens (tertiary/aromatic N) is 1. The van der Waals surface area contributed by atoms with E-state index in [4.69, 9.17) is 4.74 Å². The second-order valence-corrected chi connectivity index (χ2v) is 10.4. The minimum atomic E-state index is -1.25. The van der Waals surface area contributed by atoms with E-state index in [1.165, 1.54) is 4.90 Å². The van der Waals surface area contributed by atoms with Gasteiger partial charge in [0.25, 0.3) is 0 Å². The highest BCUT2D eigenvalue weighted by atomic mass is 16.5. The molecule has 2 N–H and O–H groups in total. The van der Waals surface area contributed by atoms with Gasteiger partial charge in [-0.1, -0.05) is 83.1 Å². The van der Waals surface area contributed by atoms with E-state index in [9.17, 15) is 19.5 Å². The average molecular weight is 481 g/mol. The lowest BCUT2D eigenvalue weighted by Crippen LogP contribution is -2.60. The van der Waals surface area contributed by atoms with Crippen molar-refractivity contribution in [3.8, 4) is 11.1 Å². The molecule has 35 heavy (non-hydrogen) atoms. The molecular formula is C28H36N2O5. The number of hydrogen-bond acceptors (Lipinski definition) is 4. The van der Waals surface area contributed by atoms with Gasteiger partial charge in [0.1, 0.15) is 18.7 Å². The van der Waals surface area contributed by atoms with Crippen LogP contribution in [0.5, 0.6) is 0 Å². The monoisotopic (exact) mass is 480 g/mol. The third-order valence-electron chi connectivity index (χ3n) is 6.58. The number of carbonyl (C=O) groups is 3. The van der Waals surface area contributed by atoms with Crippen LogP contribution in [0.2, 0.25) is 0 Å². The Morgan fingerprint density at radius 3 is 1.91 bits per heavy atom. The van der Waals surface area contributed by atoms with E-state index in [0.717, 1.165) is 22.3 Å². The summed E-state index contributed by atoms with van der Waals surface area (Å²) >= 11 is 0. The van der Waals surface area contributed by atoms with Crippen molar-refractivity contribution in [2.45, 2.75) is 58.9 Å². The molecule has 0 unspecified atom stereocenters. The van der Waals surface area contributed by atoms with Gasteiger partial charge in [-0.2, -0.15) is 0 Å². The lowest BCUT2D eigenvalue weighted by molar-refractivity contribution is -0.149. The zero-order valence-corrected chi connectivity index (χ0v) is 21.3. The summed E-state index contributed by atoms with van der Waals surface area (Å²) in [5.41, 5.74) is 2.93. The van der Waals surface area contributed by atoms with Crippen molar-refractivity contribution in [3.63, 3.8) is 0 Å². The van der Waals surface area contributed by atoms with E-state index in [1.807, 2.05) is 57.2 Å². The van der Waals surface area contributed by atoms with E-state index in [-0.39, 0.29) is 24.5 Å². The van der Waals surface area contributed by atoms with Gasteiger partial charge in [0, 0.05) is 12.5 Å². The van der Waals surface area contributed by atoms with Gasteiger partial charge in [-0.25, -0.2) is 4.79 Å². The van der Waals surface area contributed by atoms with Gasteiger partial charge in [-0.15, -0.1) is 0 Å². The van der Waals surface area contributed by atoms with Crippen LogP contribution in [0, 0.1) is 5.41 Å². The highest BCUT2D eigenvalue weighted by molar-refractivity contribution is 5.92. The third-order valence-corrected chi connectivity index (χ3v) is 6.58. The van der Waals surface area contributed by atoms with Crippen LogP contribution in [0.4, 0.5) is 4.79 Å². The minimum Gasteiger partial charge on any atom is -0.480 e. The van der Waals surface area contributed by atoms with Crippen LogP contribution >= 0.6 is 0 Å². The molecule has 7 heteroatoms. The van der Waals surface area contributed by atoms with Gasteiger partial charge in [-0.3, -0.25) is 9.59 Å². The van der Waals surface area contributed by atoms with Crippen molar-refractivity contribution in [3.05, 3.63) is 59.7 Å². The number of carbonyl (C=O) groups excluding carboxylic acids is 2. The Bertz CT molecular complexity index is 1040. The second kappa shape index (κ2) is 10.5. The van der Waals surface area contributed by atoms with Gasteiger partial charge in [0.15, 0.2) is 0 Å².